The van der Waals surface area contributed by atoms with Gasteiger partial charge in [-0.2, -0.15) is 0 Å². The van der Waals surface area contributed by atoms with Gasteiger partial charge in [0.05, 0.1) is 18.9 Å². The largest absolute Gasteiger partial charge is 0.467 e. The summed E-state index contributed by atoms with van der Waals surface area (Å²) >= 11 is 0. The number of amides is 2. The van der Waals surface area contributed by atoms with Crippen LogP contribution in [-0.2, 0) is 20.9 Å². The van der Waals surface area contributed by atoms with E-state index in [4.69, 9.17) is 9.15 Å². The van der Waals surface area contributed by atoms with Gasteiger partial charge < -0.3 is 24.9 Å². The molecule has 1 heterocycles. The minimum absolute atomic E-state index is 0.0159. The lowest BCUT2D eigenvalue weighted by atomic mass is 9.51. The van der Waals surface area contributed by atoms with Crippen molar-refractivity contribution in [3.8, 4) is 0 Å². The summed E-state index contributed by atoms with van der Waals surface area (Å²) in [6.07, 6.45) is 4.69. The molecule has 2 saturated carbocycles. The third-order valence-electron chi connectivity index (χ3n) is 7.58. The predicted molar refractivity (Wildman–Crippen MR) is 112 cm³/mol. The number of fused-ring (bicyclic) bond motifs is 1. The topological polar surface area (TPSA) is 101 Å². The smallest absolute Gasteiger partial charge is 0.246 e. The van der Waals surface area contributed by atoms with Gasteiger partial charge in [0.2, 0.25) is 11.8 Å². The highest BCUT2D eigenvalue weighted by Gasteiger charge is 2.53. The first-order valence-electron chi connectivity index (χ1n) is 11.0. The second-order valence-corrected chi connectivity index (χ2v) is 9.46. The van der Waals surface area contributed by atoms with Crippen LogP contribution in [0.1, 0.15) is 52.2 Å². The van der Waals surface area contributed by atoms with Crippen molar-refractivity contribution in [2.75, 3.05) is 13.7 Å². The summed E-state index contributed by atoms with van der Waals surface area (Å²) in [5.74, 6) is 0.297. The monoisotopic (exact) mass is 420 g/mol. The van der Waals surface area contributed by atoms with E-state index in [-0.39, 0.29) is 53.5 Å². The number of aliphatic hydroxyl groups is 1. The molecule has 168 valence electrons. The number of aliphatic hydroxyl groups excluding tert-OH is 1. The van der Waals surface area contributed by atoms with Crippen LogP contribution in [0.25, 0.3) is 0 Å². The van der Waals surface area contributed by atoms with E-state index in [1.165, 1.54) is 7.11 Å². The van der Waals surface area contributed by atoms with Crippen molar-refractivity contribution in [3.05, 3.63) is 24.2 Å². The predicted octanol–water partition coefficient (Wildman–Crippen LogP) is 2.49. The molecule has 7 nitrogen and oxygen atoms in total. The Labute approximate surface area is 178 Å². The number of carbonyl (C=O) groups is 2. The summed E-state index contributed by atoms with van der Waals surface area (Å²) in [5, 5.41) is 17.4. The van der Waals surface area contributed by atoms with E-state index in [2.05, 4.69) is 24.5 Å². The van der Waals surface area contributed by atoms with Crippen molar-refractivity contribution in [1.82, 2.24) is 10.6 Å². The van der Waals surface area contributed by atoms with Crippen molar-refractivity contribution in [3.63, 3.8) is 0 Å². The number of hydrogen-bond donors (Lipinski definition) is 3. The average molecular weight is 421 g/mol. The SMILES string of the molecule is COCC(=O)N[C@H]1CC[C@@]2(C)CC[C@@H]([C@H](C)C(=O)NCc3ccco3)[C@H](O)[C@H]2[C@H]1C. The third-order valence-corrected chi connectivity index (χ3v) is 7.58. The van der Waals surface area contributed by atoms with Crippen LogP contribution in [0, 0.1) is 29.1 Å². The molecule has 3 rings (SSSR count). The molecule has 3 N–H and O–H groups in total. The van der Waals surface area contributed by atoms with Gasteiger partial charge in [0.25, 0.3) is 0 Å². The number of methoxy groups -OCH3 is 1. The van der Waals surface area contributed by atoms with E-state index in [1.807, 2.05) is 13.0 Å². The Balaban J connectivity index is 1.66. The van der Waals surface area contributed by atoms with E-state index < -0.39 is 6.10 Å². The van der Waals surface area contributed by atoms with E-state index >= 15 is 0 Å². The standard InChI is InChI=1S/C23H36N2O5/c1-14(22(28)24-12-16-6-5-11-30-16)17-7-9-23(3)10-8-18(25-19(26)13-29-4)15(2)20(23)21(17)27/h5-6,11,14-15,17-18,20-21,27H,7-10,12-13H2,1-4H3,(H,24,28)(H,25,26)/t14-,15-,17-,18-,20+,21-,23+/m0/s1. The Kier molecular flexibility index (Phi) is 7.24. The molecular formula is C23H36N2O5. The third kappa shape index (κ3) is 4.72. The van der Waals surface area contributed by atoms with Gasteiger partial charge in [-0.1, -0.05) is 20.8 Å². The van der Waals surface area contributed by atoms with E-state index in [9.17, 15) is 14.7 Å². The second-order valence-electron chi connectivity index (χ2n) is 9.46. The second kappa shape index (κ2) is 9.52. The summed E-state index contributed by atoms with van der Waals surface area (Å²) < 4.78 is 10.2. The summed E-state index contributed by atoms with van der Waals surface area (Å²) in [6.45, 7) is 6.67. The Morgan fingerprint density at radius 1 is 1.37 bits per heavy atom. The highest BCUT2D eigenvalue weighted by molar-refractivity contribution is 5.78. The maximum absolute atomic E-state index is 12.8. The number of carbonyl (C=O) groups excluding carboxylic acids is 2. The maximum Gasteiger partial charge on any atom is 0.246 e. The summed E-state index contributed by atoms with van der Waals surface area (Å²) in [5.41, 5.74) is 0.0299. The number of rotatable bonds is 7. The quantitative estimate of drug-likeness (QED) is 0.629. The number of ether oxygens (including phenoxy) is 1. The molecule has 0 unspecified atom stereocenters. The Bertz CT molecular complexity index is 721. The fourth-order valence-corrected chi connectivity index (χ4v) is 5.82. The van der Waals surface area contributed by atoms with Crippen LogP contribution in [0.5, 0.6) is 0 Å². The van der Waals surface area contributed by atoms with Crippen LogP contribution in [0.15, 0.2) is 22.8 Å². The van der Waals surface area contributed by atoms with Crippen LogP contribution in [-0.4, -0.2) is 42.8 Å². The first kappa shape index (κ1) is 22.8. The van der Waals surface area contributed by atoms with Gasteiger partial charge in [0, 0.05) is 19.1 Å². The van der Waals surface area contributed by atoms with Gasteiger partial charge in [-0.05, 0) is 61.0 Å². The number of hydrogen-bond acceptors (Lipinski definition) is 5. The lowest BCUT2D eigenvalue weighted by molar-refractivity contribution is -0.144. The van der Waals surface area contributed by atoms with Gasteiger partial charge in [0.15, 0.2) is 0 Å². The molecule has 2 amide bonds. The lowest BCUT2D eigenvalue weighted by Gasteiger charge is -2.56. The molecular weight excluding hydrogens is 384 g/mol. The van der Waals surface area contributed by atoms with Crippen molar-refractivity contribution in [2.45, 2.75) is 65.1 Å². The zero-order valence-corrected chi connectivity index (χ0v) is 18.5. The molecule has 2 fully saturated rings. The number of furan rings is 1. The van der Waals surface area contributed by atoms with Crippen LogP contribution in [0.3, 0.4) is 0 Å². The molecule has 0 spiro atoms. The molecule has 0 bridgehead atoms. The summed E-state index contributed by atoms with van der Waals surface area (Å²) in [6, 6.07) is 3.64. The fraction of sp³-hybridized carbons (Fsp3) is 0.739. The fourth-order valence-electron chi connectivity index (χ4n) is 5.82. The molecule has 2 aliphatic carbocycles. The molecule has 0 aromatic carbocycles. The van der Waals surface area contributed by atoms with Gasteiger partial charge in [0.1, 0.15) is 12.4 Å². The van der Waals surface area contributed by atoms with E-state index in [0.29, 0.717) is 12.3 Å². The van der Waals surface area contributed by atoms with Crippen molar-refractivity contribution in [2.24, 2.45) is 29.1 Å². The Hall–Kier alpha value is -1.86. The zero-order chi connectivity index (χ0) is 21.9. The first-order valence-corrected chi connectivity index (χ1v) is 11.0. The molecule has 2 aliphatic rings. The first-order chi connectivity index (χ1) is 14.3. The van der Waals surface area contributed by atoms with E-state index in [1.54, 1.807) is 12.3 Å². The molecule has 0 radical (unpaired) electrons. The van der Waals surface area contributed by atoms with Crippen molar-refractivity contribution < 1.29 is 23.8 Å². The minimum atomic E-state index is -0.578. The molecule has 7 heteroatoms. The Morgan fingerprint density at radius 2 is 2.10 bits per heavy atom. The van der Waals surface area contributed by atoms with Gasteiger partial charge in [-0.15, -0.1) is 0 Å². The minimum Gasteiger partial charge on any atom is -0.467 e. The lowest BCUT2D eigenvalue weighted by Crippen LogP contribution is -2.58. The number of nitrogens with one attached hydrogen (secondary N) is 2. The molecule has 0 saturated heterocycles. The molecule has 0 aliphatic heterocycles. The van der Waals surface area contributed by atoms with Gasteiger partial charge in [-0.25, -0.2) is 0 Å². The maximum atomic E-state index is 12.8. The van der Waals surface area contributed by atoms with Gasteiger partial charge in [-0.3, -0.25) is 9.59 Å². The highest BCUT2D eigenvalue weighted by Crippen LogP contribution is 2.55. The van der Waals surface area contributed by atoms with Crippen molar-refractivity contribution >= 4 is 11.8 Å². The van der Waals surface area contributed by atoms with Crippen LogP contribution < -0.4 is 10.6 Å². The van der Waals surface area contributed by atoms with Crippen molar-refractivity contribution in [1.29, 1.82) is 0 Å². The molecule has 1 aromatic rings. The van der Waals surface area contributed by atoms with Crippen LogP contribution in [0.4, 0.5) is 0 Å². The normalized spacial score (nSPS) is 34.6. The molecule has 1 aromatic heterocycles. The Morgan fingerprint density at radius 3 is 2.77 bits per heavy atom. The average Bonchev–Trinajstić information content (AvgIpc) is 3.22. The zero-order valence-electron chi connectivity index (χ0n) is 18.5. The molecule has 7 atom stereocenters. The molecule has 30 heavy (non-hydrogen) atoms. The van der Waals surface area contributed by atoms with E-state index in [0.717, 1.165) is 25.7 Å². The van der Waals surface area contributed by atoms with Crippen LogP contribution in [0.2, 0.25) is 0 Å². The van der Waals surface area contributed by atoms with Crippen LogP contribution >= 0.6 is 0 Å². The van der Waals surface area contributed by atoms with Gasteiger partial charge >= 0.3 is 0 Å². The summed E-state index contributed by atoms with van der Waals surface area (Å²) in [7, 11) is 1.51. The summed E-state index contributed by atoms with van der Waals surface area (Å²) in [4.78, 5) is 24.8. The highest BCUT2D eigenvalue weighted by atomic mass is 16.5.